The highest BCUT2D eigenvalue weighted by atomic mass is 79.9. The van der Waals surface area contributed by atoms with E-state index in [4.69, 9.17) is 9.88 Å². The number of benzene rings is 1. The SMILES string of the molecule is CS(=O)(=O)CCOc1cc(F)c(S(N)(=O)=O)cc1Br. The molecule has 0 aliphatic carbocycles. The quantitative estimate of drug-likeness (QED) is 0.813. The summed E-state index contributed by atoms with van der Waals surface area (Å²) in [6, 6.07) is 1.78. The Hall–Kier alpha value is -0.710. The molecule has 0 saturated heterocycles. The fourth-order valence-electron chi connectivity index (χ4n) is 1.14. The second-order valence-corrected chi connectivity index (χ2v) is 8.38. The predicted molar refractivity (Wildman–Crippen MR) is 70.7 cm³/mol. The van der Waals surface area contributed by atoms with Crippen LogP contribution in [0.2, 0.25) is 0 Å². The summed E-state index contributed by atoms with van der Waals surface area (Å²) in [5.74, 6) is -1.31. The number of sulfonamides is 1. The lowest BCUT2D eigenvalue weighted by Gasteiger charge is -2.09. The van der Waals surface area contributed by atoms with E-state index in [0.717, 1.165) is 18.4 Å². The van der Waals surface area contributed by atoms with E-state index in [1.807, 2.05) is 0 Å². The van der Waals surface area contributed by atoms with Gasteiger partial charge in [0.25, 0.3) is 0 Å². The van der Waals surface area contributed by atoms with E-state index >= 15 is 0 Å². The summed E-state index contributed by atoms with van der Waals surface area (Å²) in [6.45, 7) is -0.175. The van der Waals surface area contributed by atoms with Crippen molar-refractivity contribution in [1.82, 2.24) is 0 Å². The fraction of sp³-hybridized carbons (Fsp3) is 0.333. The number of ether oxygens (including phenoxy) is 1. The topological polar surface area (TPSA) is 104 Å². The van der Waals surface area contributed by atoms with Gasteiger partial charge in [0.05, 0.1) is 10.2 Å². The minimum atomic E-state index is -4.17. The van der Waals surface area contributed by atoms with Gasteiger partial charge in [-0.2, -0.15) is 0 Å². The zero-order valence-electron chi connectivity index (χ0n) is 9.76. The van der Waals surface area contributed by atoms with Crippen molar-refractivity contribution in [1.29, 1.82) is 0 Å². The molecule has 1 aromatic rings. The Kier molecular flexibility index (Phi) is 4.93. The van der Waals surface area contributed by atoms with E-state index in [0.29, 0.717) is 0 Å². The lowest BCUT2D eigenvalue weighted by molar-refractivity contribution is 0.336. The number of hydrogen-bond acceptors (Lipinski definition) is 5. The Labute approximate surface area is 118 Å². The van der Waals surface area contributed by atoms with Crippen molar-refractivity contribution in [2.45, 2.75) is 4.90 Å². The Morgan fingerprint density at radius 1 is 1.32 bits per heavy atom. The molecule has 0 fully saturated rings. The Morgan fingerprint density at radius 2 is 1.89 bits per heavy atom. The first-order valence-corrected chi connectivity index (χ1v) is 9.23. The van der Waals surface area contributed by atoms with Crippen LogP contribution in [0.5, 0.6) is 5.75 Å². The molecule has 6 nitrogen and oxygen atoms in total. The maximum Gasteiger partial charge on any atom is 0.241 e. The summed E-state index contributed by atoms with van der Waals surface area (Å²) in [5, 5.41) is 4.83. The molecule has 0 saturated carbocycles. The summed E-state index contributed by atoms with van der Waals surface area (Å²) in [6.07, 6.45) is 1.04. The molecule has 0 atom stereocenters. The zero-order valence-corrected chi connectivity index (χ0v) is 13.0. The molecule has 10 heteroatoms. The van der Waals surface area contributed by atoms with Crippen LogP contribution in [0.1, 0.15) is 0 Å². The zero-order chi connectivity index (χ0) is 14.8. The van der Waals surface area contributed by atoms with Crippen molar-refractivity contribution < 1.29 is 26.0 Å². The molecule has 0 aliphatic rings. The van der Waals surface area contributed by atoms with Gasteiger partial charge >= 0.3 is 0 Å². The van der Waals surface area contributed by atoms with Gasteiger partial charge in [0, 0.05) is 12.3 Å². The number of nitrogens with two attached hydrogens (primary N) is 1. The standard InChI is InChI=1S/C9H11BrFNO5S2/c1-18(13,14)3-2-17-8-5-7(11)9(4-6(8)10)19(12,15)16/h4-5H,2-3H2,1H3,(H2,12,15,16). The van der Waals surface area contributed by atoms with E-state index in [1.54, 1.807) is 0 Å². The summed E-state index contributed by atoms with van der Waals surface area (Å²) < 4.78 is 62.6. The number of sulfone groups is 1. The molecule has 0 amide bonds. The van der Waals surface area contributed by atoms with E-state index in [9.17, 15) is 21.2 Å². The lowest BCUT2D eigenvalue weighted by Crippen LogP contribution is -2.15. The molecule has 1 aromatic carbocycles. The molecule has 19 heavy (non-hydrogen) atoms. The molecule has 0 radical (unpaired) electrons. The predicted octanol–water partition coefficient (Wildman–Crippen LogP) is 0.659. The molecule has 2 N–H and O–H groups in total. The van der Waals surface area contributed by atoms with E-state index in [1.165, 1.54) is 0 Å². The Morgan fingerprint density at radius 3 is 2.37 bits per heavy atom. The van der Waals surface area contributed by atoms with Crippen molar-refractivity contribution in [3.8, 4) is 5.75 Å². The molecule has 0 aliphatic heterocycles. The minimum absolute atomic E-state index is 0.00597. The van der Waals surface area contributed by atoms with Gasteiger partial charge in [0.1, 0.15) is 23.1 Å². The molecule has 0 aromatic heterocycles. The largest absolute Gasteiger partial charge is 0.491 e. The Balaban J connectivity index is 2.97. The maximum absolute atomic E-state index is 13.5. The van der Waals surface area contributed by atoms with Gasteiger partial charge in [-0.05, 0) is 22.0 Å². The first-order valence-electron chi connectivity index (χ1n) is 4.83. The second-order valence-electron chi connectivity index (χ2n) is 3.74. The highest BCUT2D eigenvalue weighted by molar-refractivity contribution is 9.10. The van der Waals surface area contributed by atoms with Crippen molar-refractivity contribution in [3.63, 3.8) is 0 Å². The van der Waals surface area contributed by atoms with Crippen molar-refractivity contribution >= 4 is 35.8 Å². The van der Waals surface area contributed by atoms with Gasteiger partial charge in [-0.1, -0.05) is 0 Å². The minimum Gasteiger partial charge on any atom is -0.491 e. The highest BCUT2D eigenvalue weighted by Crippen LogP contribution is 2.29. The summed E-state index contributed by atoms with van der Waals surface area (Å²) in [4.78, 5) is -0.671. The van der Waals surface area contributed by atoms with Gasteiger partial charge in [0.15, 0.2) is 9.84 Å². The molecular weight excluding hydrogens is 365 g/mol. The molecule has 108 valence electrons. The highest BCUT2D eigenvalue weighted by Gasteiger charge is 2.18. The Bertz CT molecular complexity index is 687. The average molecular weight is 376 g/mol. The number of primary sulfonamides is 1. The van der Waals surface area contributed by atoms with Gasteiger partial charge < -0.3 is 4.74 Å². The smallest absolute Gasteiger partial charge is 0.241 e. The average Bonchev–Trinajstić information content (AvgIpc) is 2.19. The van der Waals surface area contributed by atoms with Crippen LogP contribution in [0.3, 0.4) is 0 Å². The van der Waals surface area contributed by atoms with Crippen LogP contribution in [0.25, 0.3) is 0 Å². The maximum atomic E-state index is 13.5. The molecule has 0 spiro atoms. The third-order valence-electron chi connectivity index (χ3n) is 2.00. The van der Waals surface area contributed by atoms with E-state index in [-0.39, 0.29) is 22.6 Å². The van der Waals surface area contributed by atoms with E-state index < -0.39 is 30.6 Å². The second kappa shape index (κ2) is 5.73. The first kappa shape index (κ1) is 16.3. The summed E-state index contributed by atoms with van der Waals surface area (Å²) >= 11 is 2.99. The molecular formula is C9H11BrFNO5S2. The monoisotopic (exact) mass is 375 g/mol. The van der Waals surface area contributed by atoms with Gasteiger partial charge in [-0.15, -0.1) is 0 Å². The molecule has 0 bridgehead atoms. The molecule has 1 rings (SSSR count). The van der Waals surface area contributed by atoms with Crippen LogP contribution in [0.4, 0.5) is 4.39 Å². The molecule has 0 heterocycles. The van der Waals surface area contributed by atoms with Gasteiger partial charge in [-0.3, -0.25) is 0 Å². The third-order valence-corrected chi connectivity index (χ3v) is 4.46. The first-order chi connectivity index (χ1) is 8.50. The fourth-order valence-corrected chi connectivity index (χ4v) is 2.75. The van der Waals surface area contributed by atoms with Crippen LogP contribution >= 0.6 is 15.9 Å². The van der Waals surface area contributed by atoms with Crippen LogP contribution in [-0.4, -0.2) is 35.5 Å². The normalized spacial score (nSPS) is 12.4. The summed E-state index contributed by atoms with van der Waals surface area (Å²) in [5.41, 5.74) is 0. The number of hydrogen-bond donors (Lipinski definition) is 1. The van der Waals surface area contributed by atoms with Crippen LogP contribution in [-0.2, 0) is 19.9 Å². The van der Waals surface area contributed by atoms with Gasteiger partial charge in [0.2, 0.25) is 10.0 Å². The van der Waals surface area contributed by atoms with Crippen molar-refractivity contribution in [3.05, 3.63) is 22.4 Å². The van der Waals surface area contributed by atoms with Crippen molar-refractivity contribution in [2.75, 3.05) is 18.6 Å². The number of rotatable bonds is 5. The van der Waals surface area contributed by atoms with Crippen LogP contribution in [0.15, 0.2) is 21.5 Å². The van der Waals surface area contributed by atoms with Crippen LogP contribution in [0, 0.1) is 5.82 Å². The molecule has 0 unspecified atom stereocenters. The third kappa shape index (κ3) is 5.05. The lowest BCUT2D eigenvalue weighted by atomic mass is 10.3. The van der Waals surface area contributed by atoms with Gasteiger partial charge in [-0.25, -0.2) is 26.4 Å². The number of halogens is 2. The summed E-state index contributed by atoms with van der Waals surface area (Å²) in [7, 11) is -7.37. The van der Waals surface area contributed by atoms with Crippen LogP contribution < -0.4 is 9.88 Å². The van der Waals surface area contributed by atoms with E-state index in [2.05, 4.69) is 15.9 Å². The van der Waals surface area contributed by atoms with Crippen molar-refractivity contribution in [2.24, 2.45) is 5.14 Å².